The number of hydrogen-bond donors (Lipinski definition) is 1. The van der Waals surface area contributed by atoms with Gasteiger partial charge in [-0.25, -0.2) is 4.98 Å². The summed E-state index contributed by atoms with van der Waals surface area (Å²) >= 11 is 3.29. The van der Waals surface area contributed by atoms with Crippen LogP contribution in [0.2, 0.25) is 0 Å². The first-order valence-corrected chi connectivity index (χ1v) is 7.02. The van der Waals surface area contributed by atoms with Crippen molar-refractivity contribution in [1.82, 2.24) is 4.98 Å². The van der Waals surface area contributed by atoms with Gasteiger partial charge in [0, 0.05) is 10.9 Å². The summed E-state index contributed by atoms with van der Waals surface area (Å²) in [6, 6.07) is 8.85. The maximum atomic E-state index is 12.4. The number of pyridine rings is 1. The van der Waals surface area contributed by atoms with Crippen molar-refractivity contribution in [2.24, 2.45) is 0 Å². The van der Waals surface area contributed by atoms with Gasteiger partial charge in [-0.05, 0) is 29.8 Å². The van der Waals surface area contributed by atoms with Gasteiger partial charge in [0.25, 0.3) is 5.91 Å². The molecule has 7 heteroatoms. The highest BCUT2D eigenvalue weighted by molar-refractivity contribution is 9.08. The molecule has 0 aliphatic heterocycles. The van der Waals surface area contributed by atoms with Crippen molar-refractivity contribution >= 4 is 27.5 Å². The molecule has 0 aliphatic carbocycles. The zero-order valence-electron chi connectivity index (χ0n) is 10.6. The molecule has 21 heavy (non-hydrogen) atoms. The quantitative estimate of drug-likeness (QED) is 0.833. The largest absolute Gasteiger partial charge is 0.433 e. The fourth-order valence-corrected chi connectivity index (χ4v) is 1.96. The number of carbonyl (C=O) groups is 1. The molecule has 0 unspecified atom stereocenters. The van der Waals surface area contributed by atoms with Crippen molar-refractivity contribution in [3.63, 3.8) is 0 Å². The molecule has 0 fully saturated rings. The Morgan fingerprint density at radius 3 is 2.29 bits per heavy atom. The number of hydrogen-bond acceptors (Lipinski definition) is 2. The molecule has 0 spiro atoms. The molecule has 1 N–H and O–H groups in total. The van der Waals surface area contributed by atoms with Gasteiger partial charge in [0.2, 0.25) is 0 Å². The molecule has 110 valence electrons. The van der Waals surface area contributed by atoms with E-state index >= 15 is 0 Å². The standard InChI is InChI=1S/C14H10BrF3N2O/c15-7-9-1-3-10(4-2-9)13(21)20-11-5-6-12(19-8-11)14(16,17)18/h1-6,8H,7H2,(H,20,21). The Morgan fingerprint density at radius 1 is 1.14 bits per heavy atom. The van der Waals surface area contributed by atoms with Crippen LogP contribution in [0, 0.1) is 0 Å². The van der Waals surface area contributed by atoms with Crippen LogP contribution in [0.4, 0.5) is 18.9 Å². The first kappa shape index (κ1) is 15.5. The minimum atomic E-state index is -4.49. The molecule has 1 aromatic heterocycles. The van der Waals surface area contributed by atoms with Crippen molar-refractivity contribution in [2.75, 3.05) is 5.32 Å². The van der Waals surface area contributed by atoms with Gasteiger partial charge in [-0.2, -0.15) is 13.2 Å². The smallest absolute Gasteiger partial charge is 0.321 e. The summed E-state index contributed by atoms with van der Waals surface area (Å²) in [6.07, 6.45) is -3.51. The number of amides is 1. The molecule has 2 aromatic rings. The van der Waals surface area contributed by atoms with E-state index in [0.717, 1.165) is 17.8 Å². The fourth-order valence-electron chi connectivity index (χ4n) is 1.58. The van der Waals surface area contributed by atoms with Gasteiger partial charge in [-0.3, -0.25) is 4.79 Å². The Morgan fingerprint density at radius 2 is 1.81 bits per heavy atom. The zero-order valence-corrected chi connectivity index (χ0v) is 12.2. The van der Waals surface area contributed by atoms with E-state index in [0.29, 0.717) is 10.9 Å². The lowest BCUT2D eigenvalue weighted by Gasteiger charge is -2.08. The van der Waals surface area contributed by atoms with E-state index in [-0.39, 0.29) is 5.69 Å². The molecule has 3 nitrogen and oxygen atoms in total. The number of rotatable bonds is 3. The number of carbonyl (C=O) groups excluding carboxylic acids is 1. The number of nitrogens with one attached hydrogen (secondary N) is 1. The molecule has 1 aromatic carbocycles. The zero-order chi connectivity index (χ0) is 15.5. The normalized spacial score (nSPS) is 11.2. The van der Waals surface area contributed by atoms with E-state index in [1.165, 1.54) is 6.07 Å². The maximum Gasteiger partial charge on any atom is 0.433 e. The van der Waals surface area contributed by atoms with Crippen LogP contribution >= 0.6 is 15.9 Å². The number of alkyl halides is 4. The first-order valence-electron chi connectivity index (χ1n) is 5.89. The summed E-state index contributed by atoms with van der Waals surface area (Å²) < 4.78 is 37.1. The average molecular weight is 359 g/mol. The summed E-state index contributed by atoms with van der Waals surface area (Å²) in [5, 5.41) is 3.17. The van der Waals surface area contributed by atoms with Crippen molar-refractivity contribution in [3.8, 4) is 0 Å². The second-order valence-electron chi connectivity index (χ2n) is 4.21. The van der Waals surface area contributed by atoms with E-state index in [9.17, 15) is 18.0 Å². The summed E-state index contributed by atoms with van der Waals surface area (Å²) in [4.78, 5) is 15.2. The van der Waals surface area contributed by atoms with Crippen LogP contribution in [-0.4, -0.2) is 10.9 Å². The first-order chi connectivity index (χ1) is 9.90. The Hall–Kier alpha value is -1.89. The van der Waals surface area contributed by atoms with Crippen molar-refractivity contribution in [2.45, 2.75) is 11.5 Å². The predicted octanol–water partition coefficient (Wildman–Crippen LogP) is 4.25. The highest BCUT2D eigenvalue weighted by Gasteiger charge is 2.32. The summed E-state index contributed by atoms with van der Waals surface area (Å²) in [5.74, 6) is -0.405. The molecule has 0 saturated carbocycles. The van der Waals surface area contributed by atoms with Crippen LogP contribution in [0.3, 0.4) is 0 Å². The van der Waals surface area contributed by atoms with Gasteiger partial charge in [0.05, 0.1) is 11.9 Å². The van der Waals surface area contributed by atoms with E-state index in [1.807, 2.05) is 0 Å². The van der Waals surface area contributed by atoms with E-state index in [1.54, 1.807) is 24.3 Å². The number of nitrogens with zero attached hydrogens (tertiary/aromatic N) is 1. The Kier molecular flexibility index (Phi) is 4.62. The van der Waals surface area contributed by atoms with Gasteiger partial charge in [0.1, 0.15) is 5.69 Å². The maximum absolute atomic E-state index is 12.4. The summed E-state index contributed by atoms with van der Waals surface area (Å²) in [7, 11) is 0. The molecule has 2 rings (SSSR count). The highest BCUT2D eigenvalue weighted by Crippen LogP contribution is 2.27. The number of aromatic nitrogens is 1. The van der Waals surface area contributed by atoms with Crippen LogP contribution in [0.25, 0.3) is 0 Å². The Labute approximate surface area is 127 Å². The molecule has 0 radical (unpaired) electrons. The van der Waals surface area contributed by atoms with Gasteiger partial charge in [-0.15, -0.1) is 0 Å². The van der Waals surface area contributed by atoms with Crippen molar-refractivity contribution in [1.29, 1.82) is 0 Å². The Bertz CT molecular complexity index is 624. The third-order valence-electron chi connectivity index (χ3n) is 2.68. The van der Waals surface area contributed by atoms with Crippen molar-refractivity contribution in [3.05, 3.63) is 59.4 Å². The van der Waals surface area contributed by atoms with Crippen LogP contribution < -0.4 is 5.32 Å². The fraction of sp³-hybridized carbons (Fsp3) is 0.143. The second kappa shape index (κ2) is 6.26. The number of halogens is 4. The van der Waals surface area contributed by atoms with Crippen LogP contribution in [0.1, 0.15) is 21.6 Å². The molecule has 0 saturated heterocycles. The number of anilines is 1. The SMILES string of the molecule is O=C(Nc1ccc(C(F)(F)F)nc1)c1ccc(CBr)cc1. The molecule has 0 aliphatic rings. The van der Waals surface area contributed by atoms with E-state index < -0.39 is 17.8 Å². The highest BCUT2D eigenvalue weighted by atomic mass is 79.9. The minimum absolute atomic E-state index is 0.206. The third-order valence-corrected chi connectivity index (χ3v) is 3.33. The topological polar surface area (TPSA) is 42.0 Å². The number of benzene rings is 1. The molecule has 0 atom stereocenters. The van der Waals surface area contributed by atoms with Crippen LogP contribution in [0.5, 0.6) is 0 Å². The van der Waals surface area contributed by atoms with E-state index in [2.05, 4.69) is 26.2 Å². The molecule has 0 bridgehead atoms. The molecule has 1 amide bonds. The second-order valence-corrected chi connectivity index (χ2v) is 4.78. The average Bonchev–Trinajstić information content (AvgIpc) is 2.47. The minimum Gasteiger partial charge on any atom is -0.321 e. The molecule has 1 heterocycles. The lowest BCUT2D eigenvalue weighted by molar-refractivity contribution is -0.141. The van der Waals surface area contributed by atoms with Gasteiger partial charge >= 0.3 is 6.18 Å². The molecular weight excluding hydrogens is 349 g/mol. The summed E-state index contributed by atoms with van der Waals surface area (Å²) in [6.45, 7) is 0. The predicted molar refractivity (Wildman–Crippen MR) is 76.3 cm³/mol. The van der Waals surface area contributed by atoms with Gasteiger partial charge in [0.15, 0.2) is 0 Å². The third kappa shape index (κ3) is 4.04. The monoisotopic (exact) mass is 358 g/mol. The van der Waals surface area contributed by atoms with Crippen LogP contribution in [-0.2, 0) is 11.5 Å². The lowest BCUT2D eigenvalue weighted by Crippen LogP contribution is -2.13. The lowest BCUT2D eigenvalue weighted by atomic mass is 10.1. The van der Waals surface area contributed by atoms with Gasteiger partial charge < -0.3 is 5.32 Å². The molecular formula is C14H10BrF3N2O. The van der Waals surface area contributed by atoms with Gasteiger partial charge in [-0.1, -0.05) is 28.1 Å². The van der Waals surface area contributed by atoms with Crippen molar-refractivity contribution < 1.29 is 18.0 Å². The van der Waals surface area contributed by atoms with Crippen LogP contribution in [0.15, 0.2) is 42.6 Å². The Balaban J connectivity index is 2.08. The summed E-state index contributed by atoms with van der Waals surface area (Å²) in [5.41, 5.74) is 0.641. The van der Waals surface area contributed by atoms with E-state index in [4.69, 9.17) is 0 Å².